The van der Waals surface area contributed by atoms with Crippen molar-refractivity contribution in [2.24, 2.45) is 0 Å². The van der Waals surface area contributed by atoms with Gasteiger partial charge in [-0.1, -0.05) is 127 Å². The lowest BCUT2D eigenvalue weighted by molar-refractivity contribution is 1.18. The van der Waals surface area contributed by atoms with Crippen LogP contribution in [0.4, 0.5) is 0 Å². The van der Waals surface area contributed by atoms with Gasteiger partial charge >= 0.3 is 0 Å². The Balaban J connectivity index is 1.04. The Kier molecular flexibility index (Phi) is 6.09. The number of para-hydroxylation sites is 3. The van der Waals surface area contributed by atoms with Gasteiger partial charge in [0.05, 0.1) is 22.1 Å². The third kappa shape index (κ3) is 4.17. The summed E-state index contributed by atoms with van der Waals surface area (Å²) in [5.41, 5.74) is 9.75. The highest BCUT2D eigenvalue weighted by molar-refractivity contribution is 6.29. The van der Waals surface area contributed by atoms with Crippen molar-refractivity contribution in [3.63, 3.8) is 0 Å². The molecule has 0 aliphatic carbocycles. The van der Waals surface area contributed by atoms with E-state index >= 15 is 0 Å². The van der Waals surface area contributed by atoms with E-state index in [4.69, 9.17) is 0 Å². The Labute approximate surface area is 311 Å². The van der Waals surface area contributed by atoms with Crippen molar-refractivity contribution < 1.29 is 0 Å². The molecule has 0 saturated heterocycles. The van der Waals surface area contributed by atoms with Gasteiger partial charge in [-0.15, -0.1) is 0 Å². The van der Waals surface area contributed by atoms with E-state index in [0.29, 0.717) is 0 Å². The number of rotatable bonds is 3. The van der Waals surface area contributed by atoms with Crippen LogP contribution in [0.1, 0.15) is 0 Å². The smallest absolute Gasteiger partial charge is 0.0547 e. The topological polar surface area (TPSA) is 9.86 Å². The highest BCUT2D eigenvalue weighted by Crippen LogP contribution is 2.43. The van der Waals surface area contributed by atoms with E-state index in [0.717, 1.165) is 0 Å². The van der Waals surface area contributed by atoms with Crippen LogP contribution in [0.2, 0.25) is 0 Å². The SMILES string of the molecule is c1ccc(-n2c3ccc4ccccc4c3c3c4cc5cccc(-c6ccc7cc(-n8c9ccccc9c9ccccc98)ccc7c6)c5cc4ccc32)cc1. The maximum atomic E-state index is 2.43. The van der Waals surface area contributed by atoms with Gasteiger partial charge in [0, 0.05) is 32.9 Å². The van der Waals surface area contributed by atoms with E-state index in [1.54, 1.807) is 0 Å². The Morgan fingerprint density at radius 3 is 1.61 bits per heavy atom. The van der Waals surface area contributed by atoms with Crippen molar-refractivity contribution in [2.45, 2.75) is 0 Å². The second-order valence-electron chi connectivity index (χ2n) is 14.5. The van der Waals surface area contributed by atoms with Crippen LogP contribution < -0.4 is 0 Å². The van der Waals surface area contributed by atoms with Crippen LogP contribution in [-0.4, -0.2) is 9.13 Å². The number of hydrogen-bond donors (Lipinski definition) is 0. The van der Waals surface area contributed by atoms with E-state index in [1.807, 2.05) is 0 Å². The van der Waals surface area contributed by atoms with E-state index in [-0.39, 0.29) is 0 Å². The van der Waals surface area contributed by atoms with Crippen molar-refractivity contribution in [2.75, 3.05) is 0 Å². The number of hydrogen-bond acceptors (Lipinski definition) is 0. The molecule has 0 aliphatic heterocycles. The van der Waals surface area contributed by atoms with Gasteiger partial charge in [0.25, 0.3) is 0 Å². The first-order valence-electron chi connectivity index (χ1n) is 18.7. The van der Waals surface area contributed by atoms with Crippen molar-refractivity contribution >= 4 is 86.7 Å². The second-order valence-corrected chi connectivity index (χ2v) is 14.5. The van der Waals surface area contributed by atoms with E-state index in [2.05, 4.69) is 203 Å². The van der Waals surface area contributed by atoms with E-state index in [9.17, 15) is 0 Å². The maximum Gasteiger partial charge on any atom is 0.0547 e. The van der Waals surface area contributed by atoms with Gasteiger partial charge in [-0.3, -0.25) is 0 Å². The molecule has 54 heavy (non-hydrogen) atoms. The average Bonchev–Trinajstić information content (AvgIpc) is 3.76. The highest BCUT2D eigenvalue weighted by atomic mass is 15.0. The quantitative estimate of drug-likeness (QED) is 0.164. The standard InChI is InChI=1S/C52H32N2/c1-2-13-39(14-3-1)53-49-27-24-33-11-4-5-15-42(33)51(49)52-46-32-36-12-10-18-41(45(36)31-38(46)25-28-50(52)53)37-22-21-35-30-40(26-23-34(35)29-37)54-47-19-8-6-16-43(47)44-17-7-9-20-48(44)54/h1-32H. The first-order valence-corrected chi connectivity index (χ1v) is 18.7. The monoisotopic (exact) mass is 684 g/mol. The lowest BCUT2D eigenvalue weighted by Gasteiger charge is -2.13. The molecule has 0 unspecified atom stereocenters. The molecule has 2 aromatic heterocycles. The molecule has 10 aromatic carbocycles. The summed E-state index contributed by atoms with van der Waals surface area (Å²) in [7, 11) is 0. The zero-order valence-electron chi connectivity index (χ0n) is 29.4. The molecule has 250 valence electrons. The van der Waals surface area contributed by atoms with Crippen LogP contribution >= 0.6 is 0 Å². The summed E-state index contributed by atoms with van der Waals surface area (Å²) in [6.07, 6.45) is 0. The molecule has 0 atom stereocenters. The maximum absolute atomic E-state index is 2.43. The molecular weight excluding hydrogens is 653 g/mol. The lowest BCUT2D eigenvalue weighted by Crippen LogP contribution is -1.93. The fourth-order valence-electron chi connectivity index (χ4n) is 9.22. The summed E-state index contributed by atoms with van der Waals surface area (Å²) >= 11 is 0. The van der Waals surface area contributed by atoms with E-state index in [1.165, 1.54) is 109 Å². The number of nitrogens with zero attached hydrogens (tertiary/aromatic N) is 2. The summed E-state index contributed by atoms with van der Waals surface area (Å²) in [4.78, 5) is 0. The van der Waals surface area contributed by atoms with Gasteiger partial charge in [-0.2, -0.15) is 0 Å². The summed E-state index contributed by atoms with van der Waals surface area (Å²) in [5, 5.41) is 15.2. The van der Waals surface area contributed by atoms with Gasteiger partial charge < -0.3 is 9.13 Å². The first-order chi connectivity index (χ1) is 26.8. The molecule has 0 amide bonds. The van der Waals surface area contributed by atoms with Crippen molar-refractivity contribution in [3.05, 3.63) is 194 Å². The van der Waals surface area contributed by atoms with Crippen LogP contribution in [0, 0.1) is 0 Å². The largest absolute Gasteiger partial charge is 0.309 e. The van der Waals surface area contributed by atoms with Gasteiger partial charge in [-0.05, 0) is 121 Å². The number of benzene rings is 10. The minimum absolute atomic E-state index is 1.17. The van der Waals surface area contributed by atoms with Crippen LogP contribution in [0.3, 0.4) is 0 Å². The summed E-state index contributed by atoms with van der Waals surface area (Å²) in [6, 6.07) is 71.5. The molecule has 12 aromatic rings. The molecule has 0 spiro atoms. The lowest BCUT2D eigenvalue weighted by atomic mass is 9.92. The Bertz CT molecular complexity index is 3440. The molecule has 0 N–H and O–H groups in total. The van der Waals surface area contributed by atoms with Crippen LogP contribution in [0.25, 0.3) is 109 Å². The fraction of sp³-hybridized carbons (Fsp3) is 0. The summed E-state index contributed by atoms with van der Waals surface area (Å²) in [6.45, 7) is 0. The normalized spacial score (nSPS) is 12.1. The number of aromatic nitrogens is 2. The Hall–Kier alpha value is -7.16. The molecule has 0 saturated carbocycles. The minimum atomic E-state index is 1.17. The van der Waals surface area contributed by atoms with Gasteiger partial charge in [0.2, 0.25) is 0 Å². The number of fused-ring (bicyclic) bond motifs is 12. The summed E-state index contributed by atoms with van der Waals surface area (Å²) in [5.74, 6) is 0. The molecule has 2 heteroatoms. The average molecular weight is 685 g/mol. The van der Waals surface area contributed by atoms with Crippen LogP contribution in [0.5, 0.6) is 0 Å². The van der Waals surface area contributed by atoms with E-state index < -0.39 is 0 Å². The predicted octanol–water partition coefficient (Wildman–Crippen LogP) is 14.2. The van der Waals surface area contributed by atoms with Gasteiger partial charge in [-0.25, -0.2) is 0 Å². The van der Waals surface area contributed by atoms with Crippen molar-refractivity contribution in [3.8, 4) is 22.5 Å². The first kappa shape index (κ1) is 29.4. The molecular formula is C52H32N2. The molecule has 12 rings (SSSR count). The van der Waals surface area contributed by atoms with Crippen molar-refractivity contribution in [1.29, 1.82) is 0 Å². The molecule has 0 aliphatic rings. The minimum Gasteiger partial charge on any atom is -0.309 e. The Morgan fingerprint density at radius 1 is 0.259 bits per heavy atom. The molecule has 0 fully saturated rings. The zero-order valence-corrected chi connectivity index (χ0v) is 29.4. The summed E-state index contributed by atoms with van der Waals surface area (Å²) < 4.78 is 4.82. The fourth-order valence-corrected chi connectivity index (χ4v) is 9.22. The third-order valence-electron chi connectivity index (χ3n) is 11.6. The Morgan fingerprint density at radius 2 is 0.815 bits per heavy atom. The second kappa shape index (κ2) is 11.2. The van der Waals surface area contributed by atoms with Gasteiger partial charge in [0.15, 0.2) is 0 Å². The molecule has 2 nitrogen and oxygen atoms in total. The molecule has 0 bridgehead atoms. The van der Waals surface area contributed by atoms with Crippen LogP contribution in [-0.2, 0) is 0 Å². The zero-order chi connectivity index (χ0) is 35.3. The van der Waals surface area contributed by atoms with Gasteiger partial charge in [0.1, 0.15) is 0 Å². The molecule has 2 heterocycles. The predicted molar refractivity (Wildman–Crippen MR) is 231 cm³/mol. The highest BCUT2D eigenvalue weighted by Gasteiger charge is 2.18. The van der Waals surface area contributed by atoms with Crippen molar-refractivity contribution in [1.82, 2.24) is 9.13 Å². The van der Waals surface area contributed by atoms with Crippen LogP contribution in [0.15, 0.2) is 194 Å². The molecule has 0 radical (unpaired) electrons. The third-order valence-corrected chi connectivity index (χ3v) is 11.6.